The Bertz CT molecular complexity index is 1280. The molecule has 0 aliphatic carbocycles. The van der Waals surface area contributed by atoms with Crippen LogP contribution in [0, 0.1) is 0 Å². The van der Waals surface area contributed by atoms with E-state index < -0.39 is 21.8 Å². The molecule has 0 saturated carbocycles. The Hall–Kier alpha value is -3.80. The summed E-state index contributed by atoms with van der Waals surface area (Å²) in [4.78, 5) is 26.4. The van der Waals surface area contributed by atoms with Crippen LogP contribution in [0.1, 0.15) is 11.1 Å². The van der Waals surface area contributed by atoms with Gasteiger partial charge in [0.05, 0.1) is 4.90 Å². The predicted molar refractivity (Wildman–Crippen MR) is 107 cm³/mol. The minimum Gasteiger partial charge on any atom is -0.288 e. The van der Waals surface area contributed by atoms with E-state index in [1.54, 1.807) is 24.3 Å². The normalized spacial score (nSPS) is 11.9. The number of hydrogen-bond donors (Lipinski definition) is 4. The van der Waals surface area contributed by atoms with Crippen LogP contribution in [0.3, 0.4) is 0 Å². The van der Waals surface area contributed by atoms with Gasteiger partial charge in [0, 0.05) is 29.9 Å². The molecular weight excluding hydrogens is 412 g/mol. The van der Waals surface area contributed by atoms with Gasteiger partial charge in [0.1, 0.15) is 0 Å². The first kappa shape index (κ1) is 20.9. The van der Waals surface area contributed by atoms with E-state index in [4.69, 9.17) is 10.4 Å². The molecule has 154 valence electrons. The molecule has 4 N–H and O–H groups in total. The Morgan fingerprint density at radius 1 is 1.00 bits per heavy atom. The molecule has 2 aromatic heterocycles. The van der Waals surface area contributed by atoms with Crippen LogP contribution in [0.25, 0.3) is 23.2 Å². The van der Waals surface area contributed by atoms with E-state index in [1.165, 1.54) is 47.6 Å². The molecule has 2 heterocycles. The van der Waals surface area contributed by atoms with Crippen LogP contribution in [0.2, 0.25) is 0 Å². The molecule has 3 aromatic rings. The fourth-order valence-electron chi connectivity index (χ4n) is 2.67. The highest BCUT2D eigenvalue weighted by Gasteiger charge is 2.22. The average molecular weight is 428 g/mol. The number of carbonyl (C=O) groups excluding carboxylic acids is 2. The first-order valence-corrected chi connectivity index (χ1v) is 9.87. The van der Waals surface area contributed by atoms with Crippen molar-refractivity contribution in [2.75, 3.05) is 0 Å². The number of aromatic nitrogens is 2. The van der Waals surface area contributed by atoms with Crippen LogP contribution in [-0.4, -0.2) is 39.6 Å². The van der Waals surface area contributed by atoms with Crippen LogP contribution < -0.4 is 11.0 Å². The van der Waals surface area contributed by atoms with Crippen molar-refractivity contribution in [3.63, 3.8) is 0 Å². The number of amides is 2. The summed E-state index contributed by atoms with van der Waals surface area (Å²) < 4.78 is 27.5. The molecule has 0 spiro atoms. The van der Waals surface area contributed by atoms with Crippen molar-refractivity contribution < 1.29 is 28.4 Å². The summed E-state index contributed by atoms with van der Waals surface area (Å²) in [6, 6.07) is 9.26. The Kier molecular flexibility index (Phi) is 6.06. The fraction of sp³-hybridized carbons (Fsp3) is 0. The van der Waals surface area contributed by atoms with Crippen molar-refractivity contribution in [3.05, 3.63) is 72.1 Å². The third kappa shape index (κ3) is 4.27. The number of rotatable bonds is 6. The highest BCUT2D eigenvalue weighted by atomic mass is 32.2. The summed E-state index contributed by atoms with van der Waals surface area (Å²) in [5.74, 6) is -1.51. The third-order valence-electron chi connectivity index (χ3n) is 4.03. The van der Waals surface area contributed by atoms with Gasteiger partial charge in [-0.2, -0.15) is 0 Å². The Morgan fingerprint density at radius 3 is 2.37 bits per heavy atom. The smallest absolute Gasteiger partial charge is 0.269 e. The quantitative estimate of drug-likeness (QED) is 0.262. The van der Waals surface area contributed by atoms with Gasteiger partial charge in [-0.25, -0.2) is 28.3 Å². The van der Waals surface area contributed by atoms with Crippen LogP contribution in [-0.2, 0) is 19.6 Å². The van der Waals surface area contributed by atoms with Gasteiger partial charge >= 0.3 is 0 Å². The van der Waals surface area contributed by atoms with Crippen LogP contribution in [0.5, 0.6) is 0 Å². The number of nitrogens with zero attached hydrogens (tertiary/aromatic N) is 2. The number of pyridine rings is 1. The van der Waals surface area contributed by atoms with E-state index in [1.807, 2.05) is 0 Å². The van der Waals surface area contributed by atoms with Gasteiger partial charge in [0.25, 0.3) is 21.8 Å². The van der Waals surface area contributed by atoms with Gasteiger partial charge in [-0.3, -0.25) is 20.0 Å². The zero-order valence-corrected chi connectivity index (χ0v) is 16.1. The minimum atomic E-state index is -4.06. The molecule has 0 fully saturated rings. The Labute approximate surface area is 170 Å². The highest BCUT2D eigenvalue weighted by molar-refractivity contribution is 7.90. The van der Waals surface area contributed by atoms with E-state index in [9.17, 15) is 18.0 Å². The largest absolute Gasteiger partial charge is 0.288 e. The number of carbonyl (C=O) groups is 2. The zero-order chi connectivity index (χ0) is 21.7. The lowest BCUT2D eigenvalue weighted by atomic mass is 10.2. The number of hydrogen-bond acceptors (Lipinski definition) is 7. The van der Waals surface area contributed by atoms with E-state index in [0.29, 0.717) is 10.9 Å². The molecule has 11 heteroatoms. The third-order valence-corrected chi connectivity index (χ3v) is 5.77. The molecule has 0 aliphatic heterocycles. The van der Waals surface area contributed by atoms with E-state index in [-0.39, 0.29) is 16.1 Å². The average Bonchev–Trinajstić information content (AvgIpc) is 3.20. The summed E-state index contributed by atoms with van der Waals surface area (Å²) in [5.41, 5.74) is 3.85. The first-order valence-electron chi connectivity index (χ1n) is 8.43. The maximum Gasteiger partial charge on any atom is 0.269 e. The predicted octanol–water partition coefficient (Wildman–Crippen LogP) is 1.31. The van der Waals surface area contributed by atoms with Crippen molar-refractivity contribution in [3.8, 4) is 0 Å². The van der Waals surface area contributed by atoms with Gasteiger partial charge in [-0.05, 0) is 41.5 Å². The standard InChI is InChI=1S/C19H16N4O6S/c24-17(21-26)7-5-13-11-15-9-10-23(19(15)20-12-13)30(28,29)16-4-2-1-3-14(16)6-8-18(25)22-27/h1-12,26-27H,(H,21,24)(H,22,25)/b7-5+,8-6+. The van der Waals surface area contributed by atoms with Crippen molar-refractivity contribution in [2.45, 2.75) is 4.90 Å². The van der Waals surface area contributed by atoms with Gasteiger partial charge in [-0.1, -0.05) is 18.2 Å². The number of nitrogens with one attached hydrogen (secondary N) is 2. The summed E-state index contributed by atoms with van der Waals surface area (Å²) in [5, 5.41) is 17.6. The van der Waals surface area contributed by atoms with Crippen molar-refractivity contribution in [2.24, 2.45) is 0 Å². The summed E-state index contributed by atoms with van der Waals surface area (Å²) >= 11 is 0. The topological polar surface area (TPSA) is 151 Å². The number of hydroxylamine groups is 2. The highest BCUT2D eigenvalue weighted by Crippen LogP contribution is 2.25. The maximum absolute atomic E-state index is 13.2. The number of fused-ring (bicyclic) bond motifs is 1. The van der Waals surface area contributed by atoms with Crippen LogP contribution >= 0.6 is 0 Å². The van der Waals surface area contributed by atoms with E-state index in [2.05, 4.69) is 4.98 Å². The van der Waals surface area contributed by atoms with Crippen molar-refractivity contribution in [1.82, 2.24) is 19.9 Å². The van der Waals surface area contributed by atoms with Gasteiger partial charge in [0.15, 0.2) is 5.65 Å². The monoisotopic (exact) mass is 428 g/mol. The molecule has 0 aliphatic rings. The molecular formula is C19H16N4O6S. The van der Waals surface area contributed by atoms with Crippen LogP contribution in [0.15, 0.2) is 65.8 Å². The summed E-state index contributed by atoms with van der Waals surface area (Å²) in [6.45, 7) is 0. The maximum atomic E-state index is 13.2. The molecule has 0 radical (unpaired) electrons. The van der Waals surface area contributed by atoms with Crippen molar-refractivity contribution >= 4 is 45.0 Å². The summed E-state index contributed by atoms with van der Waals surface area (Å²) in [6.07, 6.45) is 7.51. The second-order valence-corrected chi connectivity index (χ2v) is 7.74. The lowest BCUT2D eigenvalue weighted by molar-refractivity contribution is -0.124. The molecule has 0 bridgehead atoms. The van der Waals surface area contributed by atoms with Gasteiger partial charge in [0.2, 0.25) is 0 Å². The summed E-state index contributed by atoms with van der Waals surface area (Å²) in [7, 11) is -4.06. The fourth-order valence-corrected chi connectivity index (χ4v) is 4.17. The molecule has 1 aromatic carbocycles. The second kappa shape index (κ2) is 8.69. The van der Waals surface area contributed by atoms with Gasteiger partial charge < -0.3 is 0 Å². The molecule has 10 nitrogen and oxygen atoms in total. The molecule has 30 heavy (non-hydrogen) atoms. The Balaban J connectivity index is 2.04. The Morgan fingerprint density at radius 2 is 1.67 bits per heavy atom. The van der Waals surface area contributed by atoms with Crippen molar-refractivity contribution in [1.29, 1.82) is 0 Å². The molecule has 3 rings (SSSR count). The molecule has 0 atom stereocenters. The molecule has 2 amide bonds. The zero-order valence-electron chi connectivity index (χ0n) is 15.3. The van der Waals surface area contributed by atoms with E-state index in [0.717, 1.165) is 16.1 Å². The van der Waals surface area contributed by atoms with E-state index >= 15 is 0 Å². The minimum absolute atomic E-state index is 0.0603. The molecule has 0 saturated heterocycles. The molecule has 0 unspecified atom stereocenters. The lowest BCUT2D eigenvalue weighted by Gasteiger charge is -2.10. The van der Waals surface area contributed by atoms with Gasteiger partial charge in [-0.15, -0.1) is 0 Å². The first-order chi connectivity index (χ1) is 14.4. The second-order valence-electron chi connectivity index (χ2n) is 5.95. The van der Waals surface area contributed by atoms with Crippen LogP contribution in [0.4, 0.5) is 0 Å². The SMILES string of the molecule is O=C(/C=C/c1cnc2c(ccn2S(=O)(=O)c2ccccc2/C=C/C(=O)NO)c1)NO. The number of benzene rings is 1. The lowest BCUT2D eigenvalue weighted by Crippen LogP contribution is -2.15.